The van der Waals surface area contributed by atoms with E-state index >= 15 is 0 Å². The molecule has 0 bridgehead atoms. The van der Waals surface area contributed by atoms with Crippen LogP contribution in [0.1, 0.15) is 49.5 Å². The molecular formula is C25H25ClFN7O. The van der Waals surface area contributed by atoms with Crippen molar-refractivity contribution in [1.29, 1.82) is 0 Å². The topological polar surface area (TPSA) is 89.7 Å². The minimum Gasteiger partial charge on any atom is -0.310 e. The van der Waals surface area contributed by atoms with E-state index in [0.717, 1.165) is 36.5 Å². The van der Waals surface area contributed by atoms with E-state index in [4.69, 9.17) is 11.6 Å². The number of hydrogen-bond donors (Lipinski definition) is 0. The normalized spacial score (nSPS) is 15.8. The average molecular weight is 494 g/mol. The van der Waals surface area contributed by atoms with Gasteiger partial charge >= 0.3 is 0 Å². The van der Waals surface area contributed by atoms with Gasteiger partial charge in [-0.3, -0.25) is 9.48 Å². The maximum atomic E-state index is 14.1. The predicted molar refractivity (Wildman–Crippen MR) is 132 cm³/mol. The summed E-state index contributed by atoms with van der Waals surface area (Å²) < 4.78 is 16.0. The lowest BCUT2D eigenvalue weighted by Crippen LogP contribution is -2.34. The summed E-state index contributed by atoms with van der Waals surface area (Å²) in [5, 5.41) is 4.65. The second-order valence-electron chi connectivity index (χ2n) is 8.83. The molecule has 180 valence electrons. The van der Waals surface area contributed by atoms with Crippen LogP contribution in [0.15, 0.2) is 36.9 Å². The molecule has 0 radical (unpaired) electrons. The largest absolute Gasteiger partial charge is 0.310 e. The SMILES string of the molecule is Cc1nc2ncnc(-c3ccc(Cl)cc3F)c2nc1C.O=C1CCCCN1c1cnn(C2CC2)c1. The molecule has 8 nitrogen and oxygen atoms in total. The molecule has 0 spiro atoms. The van der Waals surface area contributed by atoms with E-state index in [1.54, 1.807) is 12.1 Å². The molecule has 1 aromatic carbocycles. The zero-order valence-corrected chi connectivity index (χ0v) is 20.3. The molecule has 2 aliphatic rings. The van der Waals surface area contributed by atoms with Gasteiger partial charge in [0.2, 0.25) is 5.91 Å². The number of halogens is 2. The number of fused-ring (bicyclic) bond motifs is 1. The summed E-state index contributed by atoms with van der Waals surface area (Å²) in [4.78, 5) is 30.5. The smallest absolute Gasteiger partial charge is 0.227 e. The molecule has 3 aromatic heterocycles. The highest BCUT2D eigenvalue weighted by atomic mass is 35.5. The molecule has 6 rings (SSSR count). The number of piperidine rings is 1. The number of benzene rings is 1. The van der Waals surface area contributed by atoms with Crippen molar-refractivity contribution in [2.24, 2.45) is 0 Å². The predicted octanol–water partition coefficient (Wildman–Crippen LogP) is 5.23. The van der Waals surface area contributed by atoms with E-state index in [9.17, 15) is 9.18 Å². The summed E-state index contributed by atoms with van der Waals surface area (Å²) in [5.41, 5.74) is 4.22. The third-order valence-electron chi connectivity index (χ3n) is 6.21. The van der Waals surface area contributed by atoms with Crippen molar-refractivity contribution in [2.75, 3.05) is 11.4 Å². The van der Waals surface area contributed by atoms with Crippen molar-refractivity contribution in [3.8, 4) is 11.3 Å². The fourth-order valence-corrected chi connectivity index (χ4v) is 4.17. The minimum absolute atomic E-state index is 0.247. The molecule has 1 aliphatic heterocycles. The third kappa shape index (κ3) is 5.00. The molecule has 0 N–H and O–H groups in total. The second kappa shape index (κ2) is 9.65. The van der Waals surface area contributed by atoms with E-state index in [-0.39, 0.29) is 5.91 Å². The number of carbonyl (C=O) groups excluding carboxylic acids is 1. The Morgan fingerprint density at radius 1 is 1.09 bits per heavy atom. The number of anilines is 1. The number of rotatable bonds is 3. The van der Waals surface area contributed by atoms with Gasteiger partial charge in [0.25, 0.3) is 0 Å². The fourth-order valence-electron chi connectivity index (χ4n) is 4.01. The van der Waals surface area contributed by atoms with Gasteiger partial charge in [-0.15, -0.1) is 0 Å². The van der Waals surface area contributed by atoms with Gasteiger partial charge in [0.1, 0.15) is 23.4 Å². The summed E-state index contributed by atoms with van der Waals surface area (Å²) in [6, 6.07) is 5.04. The van der Waals surface area contributed by atoms with Crippen LogP contribution in [0.5, 0.6) is 0 Å². The highest BCUT2D eigenvalue weighted by Crippen LogP contribution is 2.35. The van der Waals surface area contributed by atoms with Gasteiger partial charge in [-0.25, -0.2) is 24.3 Å². The molecule has 10 heteroatoms. The molecule has 4 aromatic rings. The van der Waals surface area contributed by atoms with E-state index in [1.165, 1.54) is 25.2 Å². The van der Waals surface area contributed by atoms with E-state index in [1.807, 2.05) is 35.8 Å². The number of amides is 1. The first kappa shape index (κ1) is 23.3. The molecule has 1 aliphatic carbocycles. The van der Waals surface area contributed by atoms with Gasteiger partial charge in [-0.2, -0.15) is 5.10 Å². The first-order valence-electron chi connectivity index (χ1n) is 11.7. The van der Waals surface area contributed by atoms with E-state index in [2.05, 4.69) is 25.0 Å². The van der Waals surface area contributed by atoms with Gasteiger partial charge in [-0.05, 0) is 57.7 Å². The summed E-state index contributed by atoms with van der Waals surface area (Å²) in [6.07, 6.45) is 10.5. The van der Waals surface area contributed by atoms with E-state index < -0.39 is 5.82 Å². The highest BCUT2D eigenvalue weighted by Gasteiger charge is 2.26. The van der Waals surface area contributed by atoms with Crippen LogP contribution in [-0.2, 0) is 4.79 Å². The lowest BCUT2D eigenvalue weighted by molar-refractivity contribution is -0.119. The zero-order chi connectivity index (χ0) is 24.5. The molecule has 35 heavy (non-hydrogen) atoms. The Morgan fingerprint density at radius 3 is 2.63 bits per heavy atom. The van der Waals surface area contributed by atoms with Crippen molar-refractivity contribution in [3.05, 3.63) is 59.1 Å². The average Bonchev–Trinajstić information content (AvgIpc) is 3.57. The fraction of sp³-hybridized carbons (Fsp3) is 0.360. The maximum Gasteiger partial charge on any atom is 0.227 e. The lowest BCUT2D eigenvalue weighted by Gasteiger charge is -2.24. The molecule has 1 amide bonds. The van der Waals surface area contributed by atoms with Gasteiger partial charge in [0, 0.05) is 29.7 Å². The zero-order valence-electron chi connectivity index (χ0n) is 19.6. The van der Waals surface area contributed by atoms with Gasteiger partial charge < -0.3 is 4.90 Å². The Bertz CT molecular complexity index is 1400. The van der Waals surface area contributed by atoms with Crippen LogP contribution in [0, 0.1) is 19.7 Å². The first-order valence-corrected chi connectivity index (χ1v) is 12.0. The molecule has 0 atom stereocenters. The Balaban J connectivity index is 0.000000151. The van der Waals surface area contributed by atoms with Gasteiger partial charge in [0.05, 0.1) is 29.3 Å². The minimum atomic E-state index is -0.447. The number of nitrogens with zero attached hydrogens (tertiary/aromatic N) is 7. The number of aromatic nitrogens is 6. The van der Waals surface area contributed by atoms with E-state index in [0.29, 0.717) is 39.9 Å². The molecule has 0 unspecified atom stereocenters. The second-order valence-corrected chi connectivity index (χ2v) is 9.26. The van der Waals surface area contributed by atoms with Crippen LogP contribution in [0.3, 0.4) is 0 Å². The summed E-state index contributed by atoms with van der Waals surface area (Å²) in [5.74, 6) is -0.200. The third-order valence-corrected chi connectivity index (χ3v) is 6.44. The Kier molecular flexibility index (Phi) is 6.42. The molecule has 1 saturated heterocycles. The van der Waals surface area contributed by atoms with Crippen molar-refractivity contribution in [3.63, 3.8) is 0 Å². The standard InChI is InChI=1S/C14H10ClFN4.C11H15N3O/c1-7-8(2)20-14-13(19-7)12(17-6-18-14)10-4-3-9(15)5-11(10)16;15-11-3-1-2-6-13(11)10-7-12-14(8-10)9-4-5-9/h3-6H,1-2H3;7-9H,1-6H2. The first-order chi connectivity index (χ1) is 16.9. The molecule has 2 fully saturated rings. The van der Waals surface area contributed by atoms with Crippen LogP contribution in [0.25, 0.3) is 22.4 Å². The number of carbonyl (C=O) groups is 1. The van der Waals surface area contributed by atoms with Gasteiger partial charge in [-0.1, -0.05) is 11.6 Å². The number of aryl methyl sites for hydroxylation is 2. The lowest BCUT2D eigenvalue weighted by atomic mass is 10.1. The summed E-state index contributed by atoms with van der Waals surface area (Å²) >= 11 is 5.77. The molecule has 4 heterocycles. The Morgan fingerprint density at radius 2 is 1.89 bits per heavy atom. The Labute approximate surface area is 207 Å². The highest BCUT2D eigenvalue weighted by molar-refractivity contribution is 6.30. The van der Waals surface area contributed by atoms with Crippen LogP contribution >= 0.6 is 11.6 Å². The van der Waals surface area contributed by atoms with Crippen molar-refractivity contribution >= 4 is 34.4 Å². The van der Waals surface area contributed by atoms with Crippen molar-refractivity contribution in [2.45, 2.75) is 52.0 Å². The number of hydrogen-bond acceptors (Lipinski definition) is 6. The summed E-state index contributed by atoms with van der Waals surface area (Å²) in [6.45, 7) is 4.55. The summed E-state index contributed by atoms with van der Waals surface area (Å²) in [7, 11) is 0. The Hall–Kier alpha value is -3.46. The van der Waals surface area contributed by atoms with Crippen LogP contribution in [0.2, 0.25) is 5.02 Å². The van der Waals surface area contributed by atoms with Crippen molar-refractivity contribution in [1.82, 2.24) is 29.7 Å². The van der Waals surface area contributed by atoms with Crippen molar-refractivity contribution < 1.29 is 9.18 Å². The monoisotopic (exact) mass is 493 g/mol. The molecule has 1 saturated carbocycles. The van der Waals surface area contributed by atoms with Gasteiger partial charge in [0.15, 0.2) is 5.65 Å². The molecular weight excluding hydrogens is 469 g/mol. The van der Waals surface area contributed by atoms with Crippen LogP contribution in [0.4, 0.5) is 10.1 Å². The maximum absolute atomic E-state index is 14.1. The van der Waals surface area contributed by atoms with Crippen LogP contribution in [-0.4, -0.2) is 42.2 Å². The van der Waals surface area contributed by atoms with Crippen LogP contribution < -0.4 is 4.90 Å². The quantitative estimate of drug-likeness (QED) is 0.388.